The van der Waals surface area contributed by atoms with Gasteiger partial charge >= 0.3 is 0 Å². The van der Waals surface area contributed by atoms with Crippen LogP contribution < -0.4 is 10.9 Å². The molecule has 0 fully saturated rings. The van der Waals surface area contributed by atoms with E-state index >= 15 is 0 Å². The molecule has 0 saturated carbocycles. The van der Waals surface area contributed by atoms with E-state index in [1.165, 1.54) is 18.2 Å². The number of aromatic amines is 1. The second kappa shape index (κ2) is 6.63. The van der Waals surface area contributed by atoms with Crippen LogP contribution in [0.4, 0.5) is 4.39 Å². The van der Waals surface area contributed by atoms with Crippen molar-refractivity contribution in [1.29, 1.82) is 0 Å². The summed E-state index contributed by atoms with van der Waals surface area (Å²) >= 11 is 0. The smallest absolute Gasteiger partial charge is 0.251 e. The molecule has 0 atom stereocenters. The van der Waals surface area contributed by atoms with Gasteiger partial charge in [-0.15, -0.1) is 0 Å². The minimum absolute atomic E-state index is 0.233. The Morgan fingerprint density at radius 3 is 2.71 bits per heavy atom. The Morgan fingerprint density at radius 2 is 2.05 bits per heavy atom. The Kier molecular flexibility index (Phi) is 4.85. The van der Waals surface area contributed by atoms with Crippen LogP contribution in [-0.4, -0.2) is 16.5 Å². The largest absolute Gasteiger partial charge is 0.311 e. The van der Waals surface area contributed by atoms with Gasteiger partial charge < -0.3 is 10.3 Å². The highest BCUT2D eigenvalue weighted by Crippen LogP contribution is 2.17. The zero-order valence-electron chi connectivity index (χ0n) is 12.5. The molecule has 2 aromatic rings. The van der Waals surface area contributed by atoms with Gasteiger partial charge in [0.1, 0.15) is 11.6 Å². The molecule has 0 spiro atoms. The van der Waals surface area contributed by atoms with E-state index < -0.39 is 0 Å². The monoisotopic (exact) mass is 289 g/mol. The molecule has 21 heavy (non-hydrogen) atoms. The molecule has 1 aromatic heterocycles. The van der Waals surface area contributed by atoms with Crippen molar-refractivity contribution in [2.75, 3.05) is 6.54 Å². The van der Waals surface area contributed by atoms with Crippen LogP contribution in [0.5, 0.6) is 0 Å². The molecule has 112 valence electrons. The molecule has 0 aliphatic heterocycles. The Bertz CT molecular complexity index is 659. The van der Waals surface area contributed by atoms with Crippen LogP contribution in [0.2, 0.25) is 0 Å². The number of H-pyrrole nitrogens is 1. The average molecular weight is 289 g/mol. The summed E-state index contributed by atoms with van der Waals surface area (Å²) in [4.78, 5) is 18.8. The summed E-state index contributed by atoms with van der Waals surface area (Å²) < 4.78 is 13.5. The zero-order valence-corrected chi connectivity index (χ0v) is 12.5. The number of aryl methyl sites for hydroxylation is 1. The number of hydrogen-bond acceptors (Lipinski definition) is 3. The first-order chi connectivity index (χ1) is 9.94. The van der Waals surface area contributed by atoms with Crippen LogP contribution >= 0.6 is 0 Å². The van der Waals surface area contributed by atoms with Gasteiger partial charge in [-0.3, -0.25) is 4.79 Å². The number of rotatable bonds is 5. The molecule has 0 saturated heterocycles. The SMILES string of the molecule is Cc1cc(F)cc(-c2nc(CNCC(C)C)cc(=O)[nH]2)c1. The van der Waals surface area contributed by atoms with Crippen molar-refractivity contribution in [2.24, 2.45) is 5.92 Å². The first-order valence-corrected chi connectivity index (χ1v) is 7.02. The second-order valence-electron chi connectivity index (χ2n) is 5.63. The molecule has 0 amide bonds. The van der Waals surface area contributed by atoms with Crippen molar-refractivity contribution in [3.05, 3.63) is 51.7 Å². The van der Waals surface area contributed by atoms with E-state index in [0.29, 0.717) is 29.5 Å². The summed E-state index contributed by atoms with van der Waals surface area (Å²) in [5.74, 6) is 0.583. The third kappa shape index (κ3) is 4.49. The maximum Gasteiger partial charge on any atom is 0.251 e. The summed E-state index contributed by atoms with van der Waals surface area (Å²) in [7, 11) is 0. The maximum atomic E-state index is 13.5. The van der Waals surface area contributed by atoms with Crippen molar-refractivity contribution < 1.29 is 4.39 Å². The van der Waals surface area contributed by atoms with Crippen LogP contribution in [-0.2, 0) is 6.54 Å². The molecule has 5 heteroatoms. The number of benzene rings is 1. The summed E-state index contributed by atoms with van der Waals surface area (Å²) in [6.07, 6.45) is 0. The van der Waals surface area contributed by atoms with Gasteiger partial charge in [-0.2, -0.15) is 0 Å². The van der Waals surface area contributed by atoms with Crippen LogP contribution in [0.1, 0.15) is 25.1 Å². The lowest BCUT2D eigenvalue weighted by Crippen LogP contribution is -2.21. The van der Waals surface area contributed by atoms with Gasteiger partial charge in [0.05, 0.1) is 5.69 Å². The zero-order chi connectivity index (χ0) is 15.4. The lowest BCUT2D eigenvalue weighted by molar-refractivity contribution is 0.548. The van der Waals surface area contributed by atoms with Crippen molar-refractivity contribution in [2.45, 2.75) is 27.3 Å². The summed E-state index contributed by atoms with van der Waals surface area (Å²) in [5, 5.41) is 3.24. The minimum Gasteiger partial charge on any atom is -0.311 e. The van der Waals surface area contributed by atoms with E-state index in [4.69, 9.17) is 0 Å². The van der Waals surface area contributed by atoms with E-state index in [9.17, 15) is 9.18 Å². The molecule has 1 aromatic carbocycles. The number of aromatic nitrogens is 2. The second-order valence-corrected chi connectivity index (χ2v) is 5.63. The van der Waals surface area contributed by atoms with Crippen LogP contribution in [0.3, 0.4) is 0 Å². The van der Waals surface area contributed by atoms with Crippen molar-refractivity contribution in [3.8, 4) is 11.4 Å². The van der Waals surface area contributed by atoms with E-state index in [1.54, 1.807) is 13.0 Å². The van der Waals surface area contributed by atoms with Gasteiger partial charge in [-0.1, -0.05) is 13.8 Å². The fraction of sp³-hybridized carbons (Fsp3) is 0.375. The van der Waals surface area contributed by atoms with Crippen LogP contribution in [0.25, 0.3) is 11.4 Å². The highest BCUT2D eigenvalue weighted by molar-refractivity contribution is 5.56. The molecular weight excluding hydrogens is 269 g/mol. The molecule has 1 heterocycles. The number of nitrogens with zero attached hydrogens (tertiary/aromatic N) is 1. The third-order valence-electron chi connectivity index (χ3n) is 2.97. The average Bonchev–Trinajstić information content (AvgIpc) is 2.36. The lowest BCUT2D eigenvalue weighted by Gasteiger charge is -2.08. The van der Waals surface area contributed by atoms with Gasteiger partial charge in [0.2, 0.25) is 0 Å². The number of hydrogen-bond donors (Lipinski definition) is 2. The lowest BCUT2D eigenvalue weighted by atomic mass is 10.1. The molecule has 2 N–H and O–H groups in total. The summed E-state index contributed by atoms with van der Waals surface area (Å²) in [5.41, 5.74) is 1.78. The van der Waals surface area contributed by atoms with E-state index in [1.807, 2.05) is 0 Å². The summed E-state index contributed by atoms with van der Waals surface area (Å²) in [6.45, 7) is 7.39. The Morgan fingerprint density at radius 1 is 1.29 bits per heavy atom. The first-order valence-electron chi connectivity index (χ1n) is 7.02. The van der Waals surface area contributed by atoms with Crippen molar-refractivity contribution in [3.63, 3.8) is 0 Å². The quantitative estimate of drug-likeness (QED) is 0.889. The normalized spacial score (nSPS) is 11.1. The Labute approximate surface area is 123 Å². The van der Waals surface area contributed by atoms with E-state index in [2.05, 4.69) is 29.1 Å². The molecule has 0 unspecified atom stereocenters. The third-order valence-corrected chi connectivity index (χ3v) is 2.97. The highest BCUT2D eigenvalue weighted by Gasteiger charge is 2.06. The van der Waals surface area contributed by atoms with Gasteiger partial charge in [0.15, 0.2) is 0 Å². The maximum absolute atomic E-state index is 13.5. The fourth-order valence-corrected chi connectivity index (χ4v) is 2.10. The van der Waals surface area contributed by atoms with E-state index in [0.717, 1.165) is 12.1 Å². The molecule has 4 nitrogen and oxygen atoms in total. The van der Waals surface area contributed by atoms with Crippen molar-refractivity contribution in [1.82, 2.24) is 15.3 Å². The topological polar surface area (TPSA) is 57.8 Å². The molecule has 0 bridgehead atoms. The molecule has 2 rings (SSSR count). The molecule has 0 radical (unpaired) electrons. The highest BCUT2D eigenvalue weighted by atomic mass is 19.1. The van der Waals surface area contributed by atoms with E-state index in [-0.39, 0.29) is 11.4 Å². The Hall–Kier alpha value is -2.01. The van der Waals surface area contributed by atoms with Gasteiger partial charge in [-0.25, -0.2) is 9.37 Å². The Balaban J connectivity index is 2.28. The van der Waals surface area contributed by atoms with Crippen LogP contribution in [0.15, 0.2) is 29.1 Å². The predicted molar refractivity (Wildman–Crippen MR) is 81.5 cm³/mol. The number of halogens is 1. The molecule has 0 aliphatic rings. The molecule has 0 aliphatic carbocycles. The van der Waals surface area contributed by atoms with Crippen molar-refractivity contribution >= 4 is 0 Å². The van der Waals surface area contributed by atoms with Gasteiger partial charge in [-0.05, 0) is 43.1 Å². The standard InChI is InChI=1S/C16H20FN3O/c1-10(2)8-18-9-14-7-15(21)20-16(19-14)12-4-11(3)5-13(17)6-12/h4-7,10,18H,8-9H2,1-3H3,(H,19,20,21). The fourth-order valence-electron chi connectivity index (χ4n) is 2.10. The van der Waals surface area contributed by atoms with Gasteiger partial charge in [0.25, 0.3) is 5.56 Å². The first kappa shape index (κ1) is 15.4. The van der Waals surface area contributed by atoms with Crippen LogP contribution in [0, 0.1) is 18.7 Å². The predicted octanol–water partition coefficient (Wildman–Crippen LogP) is 2.63. The summed E-state index contributed by atoms with van der Waals surface area (Å²) in [6, 6.07) is 6.07. The van der Waals surface area contributed by atoms with Gasteiger partial charge in [0, 0.05) is 18.2 Å². The number of nitrogens with one attached hydrogen (secondary N) is 2. The molecular formula is C16H20FN3O. The minimum atomic E-state index is -0.337.